The van der Waals surface area contributed by atoms with Gasteiger partial charge in [0.2, 0.25) is 15.9 Å². The number of benzene rings is 1. The Morgan fingerprint density at radius 2 is 1.88 bits per heavy atom. The molecule has 1 aromatic rings. The number of carbonyl (C=O) groups is 1. The molecule has 0 saturated carbocycles. The predicted octanol–water partition coefficient (Wildman–Crippen LogP) is 2.03. The molecule has 0 spiro atoms. The summed E-state index contributed by atoms with van der Waals surface area (Å²) in [6.45, 7) is 4.16. The third-order valence-electron chi connectivity index (χ3n) is 5.09. The third-order valence-corrected chi connectivity index (χ3v) is 6.97. The summed E-state index contributed by atoms with van der Waals surface area (Å²) in [7, 11) is -2.21. The van der Waals surface area contributed by atoms with Gasteiger partial charge >= 0.3 is 0 Å². The van der Waals surface area contributed by atoms with Gasteiger partial charge in [0.25, 0.3) is 0 Å². The molecule has 25 heavy (non-hydrogen) atoms. The largest absolute Gasteiger partial charge is 0.495 e. The van der Waals surface area contributed by atoms with Crippen molar-refractivity contribution < 1.29 is 17.9 Å². The van der Waals surface area contributed by atoms with Crippen LogP contribution in [-0.2, 0) is 14.8 Å². The first kappa shape index (κ1) is 18.2. The van der Waals surface area contributed by atoms with Crippen LogP contribution in [0.25, 0.3) is 0 Å². The molecule has 1 amide bonds. The summed E-state index contributed by atoms with van der Waals surface area (Å²) in [6, 6.07) is 5.15. The summed E-state index contributed by atoms with van der Waals surface area (Å²) in [5.41, 5.74) is 0.862. The molecule has 1 aromatic carbocycles. The predicted molar refractivity (Wildman–Crippen MR) is 95.0 cm³/mol. The van der Waals surface area contributed by atoms with E-state index in [4.69, 9.17) is 4.74 Å². The highest BCUT2D eigenvalue weighted by Gasteiger charge is 2.36. The smallest absolute Gasteiger partial charge is 0.246 e. The highest BCUT2D eigenvalue weighted by Crippen LogP contribution is 2.31. The van der Waals surface area contributed by atoms with E-state index >= 15 is 0 Å². The van der Waals surface area contributed by atoms with Crippen molar-refractivity contribution >= 4 is 15.9 Å². The van der Waals surface area contributed by atoms with Crippen LogP contribution < -0.4 is 4.74 Å². The van der Waals surface area contributed by atoms with Gasteiger partial charge in [-0.25, -0.2) is 8.42 Å². The lowest BCUT2D eigenvalue weighted by molar-refractivity contribution is -0.135. The number of aryl methyl sites for hydroxylation is 1. The molecule has 7 heteroatoms. The molecule has 2 fully saturated rings. The molecule has 3 rings (SSSR count). The van der Waals surface area contributed by atoms with Crippen LogP contribution in [0, 0.1) is 12.8 Å². The van der Waals surface area contributed by atoms with Crippen molar-refractivity contribution in [3.63, 3.8) is 0 Å². The summed E-state index contributed by atoms with van der Waals surface area (Å²) in [4.78, 5) is 14.7. The fourth-order valence-corrected chi connectivity index (χ4v) is 5.45. The molecule has 138 valence electrons. The van der Waals surface area contributed by atoms with E-state index in [0.717, 1.165) is 37.9 Å². The van der Waals surface area contributed by atoms with Gasteiger partial charge in [-0.3, -0.25) is 4.79 Å². The maximum absolute atomic E-state index is 13.1. The van der Waals surface area contributed by atoms with Crippen LogP contribution >= 0.6 is 0 Å². The highest BCUT2D eigenvalue weighted by atomic mass is 32.2. The lowest BCUT2D eigenvalue weighted by atomic mass is 9.98. The van der Waals surface area contributed by atoms with Crippen molar-refractivity contribution in [3.05, 3.63) is 23.8 Å². The van der Waals surface area contributed by atoms with Gasteiger partial charge in [-0.05, 0) is 50.3 Å². The molecule has 2 aliphatic heterocycles. The van der Waals surface area contributed by atoms with E-state index in [2.05, 4.69) is 0 Å². The first-order valence-corrected chi connectivity index (χ1v) is 10.3. The van der Waals surface area contributed by atoms with E-state index in [1.54, 1.807) is 12.1 Å². The van der Waals surface area contributed by atoms with Crippen molar-refractivity contribution in [3.8, 4) is 5.75 Å². The van der Waals surface area contributed by atoms with Crippen molar-refractivity contribution in [2.24, 2.45) is 5.92 Å². The number of carbonyl (C=O) groups excluding carboxylic acids is 1. The fraction of sp³-hybridized carbons (Fsp3) is 0.611. The molecular formula is C18H26N2O4S. The Hall–Kier alpha value is -1.60. The first-order valence-electron chi connectivity index (χ1n) is 8.87. The van der Waals surface area contributed by atoms with Gasteiger partial charge < -0.3 is 9.64 Å². The molecule has 6 nitrogen and oxygen atoms in total. The SMILES string of the molecule is COc1ccc(C)cc1S(=O)(=O)N1CCC[C@H](C(=O)N2CCCC2)C1. The maximum Gasteiger partial charge on any atom is 0.246 e. The number of nitrogens with zero attached hydrogens (tertiary/aromatic N) is 2. The molecule has 0 aliphatic carbocycles. The Morgan fingerprint density at radius 3 is 2.56 bits per heavy atom. The number of sulfonamides is 1. The van der Waals surface area contributed by atoms with Crippen LogP contribution in [0.2, 0.25) is 0 Å². The van der Waals surface area contributed by atoms with E-state index in [1.165, 1.54) is 11.4 Å². The van der Waals surface area contributed by atoms with Gasteiger partial charge in [0.05, 0.1) is 13.0 Å². The van der Waals surface area contributed by atoms with E-state index < -0.39 is 10.0 Å². The summed E-state index contributed by atoms with van der Waals surface area (Å²) in [5.74, 6) is 0.213. The zero-order valence-electron chi connectivity index (χ0n) is 14.9. The van der Waals surface area contributed by atoms with Gasteiger partial charge in [0.15, 0.2) is 0 Å². The molecule has 2 aliphatic rings. The van der Waals surface area contributed by atoms with Gasteiger partial charge in [0, 0.05) is 26.2 Å². The molecule has 0 N–H and O–H groups in total. The number of ether oxygens (including phenoxy) is 1. The fourth-order valence-electron chi connectivity index (χ4n) is 3.68. The number of piperidine rings is 1. The van der Waals surface area contributed by atoms with Crippen molar-refractivity contribution in [2.45, 2.75) is 37.5 Å². The molecular weight excluding hydrogens is 340 g/mol. The van der Waals surface area contributed by atoms with Crippen LogP contribution in [-0.4, -0.2) is 56.8 Å². The number of amides is 1. The minimum Gasteiger partial charge on any atom is -0.495 e. The summed E-state index contributed by atoms with van der Waals surface area (Å²) >= 11 is 0. The van der Waals surface area contributed by atoms with E-state index in [0.29, 0.717) is 18.7 Å². The summed E-state index contributed by atoms with van der Waals surface area (Å²) < 4.78 is 33.0. The Labute approximate surface area is 149 Å². The summed E-state index contributed by atoms with van der Waals surface area (Å²) in [5, 5.41) is 0. The van der Waals surface area contributed by atoms with Crippen molar-refractivity contribution in [1.29, 1.82) is 0 Å². The molecule has 0 unspecified atom stereocenters. The van der Waals surface area contributed by atoms with Crippen LogP contribution in [0.1, 0.15) is 31.2 Å². The second-order valence-corrected chi connectivity index (χ2v) is 8.80. The lowest BCUT2D eigenvalue weighted by Crippen LogP contribution is -2.46. The first-order chi connectivity index (χ1) is 11.9. The van der Waals surface area contributed by atoms with Gasteiger partial charge in [-0.15, -0.1) is 0 Å². The van der Waals surface area contributed by atoms with Gasteiger partial charge in [-0.1, -0.05) is 6.07 Å². The third kappa shape index (κ3) is 3.67. The molecule has 2 heterocycles. The van der Waals surface area contributed by atoms with Crippen molar-refractivity contribution in [2.75, 3.05) is 33.3 Å². The van der Waals surface area contributed by atoms with Gasteiger partial charge in [-0.2, -0.15) is 4.31 Å². The molecule has 1 atom stereocenters. The zero-order chi connectivity index (χ0) is 18.0. The number of methoxy groups -OCH3 is 1. The quantitative estimate of drug-likeness (QED) is 0.818. The Morgan fingerprint density at radius 1 is 1.16 bits per heavy atom. The van der Waals surface area contributed by atoms with E-state index in [9.17, 15) is 13.2 Å². The number of hydrogen-bond acceptors (Lipinski definition) is 4. The average molecular weight is 366 g/mol. The van der Waals surface area contributed by atoms with Crippen LogP contribution in [0.4, 0.5) is 0 Å². The zero-order valence-corrected chi connectivity index (χ0v) is 15.7. The van der Waals surface area contributed by atoms with Crippen molar-refractivity contribution in [1.82, 2.24) is 9.21 Å². The molecule has 2 saturated heterocycles. The van der Waals surface area contributed by atoms with Gasteiger partial charge in [0.1, 0.15) is 10.6 Å². The summed E-state index contributed by atoms with van der Waals surface area (Å²) in [6.07, 6.45) is 3.55. The van der Waals surface area contributed by atoms with E-state index in [1.807, 2.05) is 17.9 Å². The second kappa shape index (κ2) is 7.33. The molecule has 0 radical (unpaired) electrons. The molecule has 0 aromatic heterocycles. The van der Waals surface area contributed by atoms with E-state index in [-0.39, 0.29) is 23.3 Å². The minimum absolute atomic E-state index is 0.105. The number of rotatable bonds is 4. The lowest BCUT2D eigenvalue weighted by Gasteiger charge is -2.33. The Bertz CT molecular complexity index is 741. The van der Waals surface area contributed by atoms with Crippen LogP contribution in [0.3, 0.4) is 0 Å². The second-order valence-electron chi connectivity index (χ2n) is 6.89. The number of hydrogen-bond donors (Lipinski definition) is 0. The van der Waals surface area contributed by atoms with Crippen LogP contribution in [0.5, 0.6) is 5.75 Å². The number of likely N-dealkylation sites (tertiary alicyclic amines) is 1. The average Bonchev–Trinajstić information content (AvgIpc) is 3.16. The maximum atomic E-state index is 13.1. The normalized spacial score (nSPS) is 22.2. The topological polar surface area (TPSA) is 66.9 Å². The Balaban J connectivity index is 1.82. The standard InChI is InChI=1S/C18H26N2O4S/c1-14-7-8-16(24-2)17(12-14)25(22,23)20-11-5-6-15(13-20)18(21)19-9-3-4-10-19/h7-8,12,15H,3-6,9-11,13H2,1-2H3/t15-/m0/s1. The Kier molecular flexibility index (Phi) is 5.34. The van der Waals surface area contributed by atoms with Crippen LogP contribution in [0.15, 0.2) is 23.1 Å². The molecule has 0 bridgehead atoms. The monoisotopic (exact) mass is 366 g/mol. The highest BCUT2D eigenvalue weighted by molar-refractivity contribution is 7.89. The minimum atomic E-state index is -3.68.